The van der Waals surface area contributed by atoms with E-state index >= 15 is 0 Å². The van der Waals surface area contributed by atoms with Crippen molar-refractivity contribution in [1.82, 2.24) is 0 Å². The molecule has 1 amide bonds. The molecular weight excluding hydrogens is 282 g/mol. The lowest BCUT2D eigenvalue weighted by Gasteiger charge is -2.26. The second kappa shape index (κ2) is 7.01. The normalized spacial score (nSPS) is 19.0. The third-order valence-electron chi connectivity index (χ3n) is 4.23. The van der Waals surface area contributed by atoms with Gasteiger partial charge in [0.1, 0.15) is 6.10 Å². The number of anilines is 1. The molecule has 22 heavy (non-hydrogen) atoms. The number of nitrogens with one attached hydrogen (secondary N) is 1. The fourth-order valence-electron chi connectivity index (χ4n) is 3.02. The number of amides is 1. The summed E-state index contributed by atoms with van der Waals surface area (Å²) in [6, 6.07) is 5.48. The molecule has 2 aliphatic rings. The molecule has 0 bridgehead atoms. The van der Waals surface area contributed by atoms with Gasteiger partial charge in [-0.05, 0) is 31.4 Å². The molecule has 1 heterocycles. The van der Waals surface area contributed by atoms with E-state index in [0.717, 1.165) is 12.8 Å². The molecule has 0 aromatic heterocycles. The van der Waals surface area contributed by atoms with E-state index in [2.05, 4.69) is 5.32 Å². The SMILES string of the molecule is CCC(OC1CCCCC1)C(=O)Nc1cccc2c1OCO2. The highest BCUT2D eigenvalue weighted by Gasteiger charge is 2.25. The van der Waals surface area contributed by atoms with Crippen molar-refractivity contribution in [2.75, 3.05) is 12.1 Å². The van der Waals surface area contributed by atoms with Gasteiger partial charge in [-0.15, -0.1) is 0 Å². The summed E-state index contributed by atoms with van der Waals surface area (Å²) in [4.78, 5) is 12.5. The Morgan fingerprint density at radius 1 is 1.32 bits per heavy atom. The van der Waals surface area contributed by atoms with Gasteiger partial charge in [-0.1, -0.05) is 32.3 Å². The predicted molar refractivity (Wildman–Crippen MR) is 83.2 cm³/mol. The Bertz CT molecular complexity index is 525. The van der Waals surface area contributed by atoms with Gasteiger partial charge in [-0.2, -0.15) is 0 Å². The summed E-state index contributed by atoms with van der Waals surface area (Å²) in [5, 5.41) is 2.91. The number of carbonyl (C=O) groups excluding carboxylic acids is 1. The molecule has 1 aliphatic heterocycles. The average Bonchev–Trinajstić information content (AvgIpc) is 3.03. The summed E-state index contributed by atoms with van der Waals surface area (Å²) in [6.45, 7) is 2.17. The van der Waals surface area contributed by atoms with Crippen LogP contribution in [0.1, 0.15) is 45.4 Å². The largest absolute Gasteiger partial charge is 0.454 e. The van der Waals surface area contributed by atoms with Crippen LogP contribution in [0.15, 0.2) is 18.2 Å². The summed E-state index contributed by atoms with van der Waals surface area (Å²) in [7, 11) is 0. The van der Waals surface area contributed by atoms with Crippen molar-refractivity contribution in [1.29, 1.82) is 0 Å². The quantitative estimate of drug-likeness (QED) is 0.905. The van der Waals surface area contributed by atoms with Gasteiger partial charge in [-0.25, -0.2) is 0 Å². The van der Waals surface area contributed by atoms with E-state index in [9.17, 15) is 4.79 Å². The first kappa shape index (κ1) is 15.2. The topological polar surface area (TPSA) is 56.8 Å². The van der Waals surface area contributed by atoms with Gasteiger partial charge in [-0.3, -0.25) is 4.79 Å². The first-order valence-electron chi connectivity index (χ1n) is 8.13. The molecule has 0 radical (unpaired) electrons. The predicted octanol–water partition coefficient (Wildman–Crippen LogP) is 3.48. The summed E-state index contributed by atoms with van der Waals surface area (Å²) < 4.78 is 16.8. The van der Waals surface area contributed by atoms with Crippen molar-refractivity contribution in [2.45, 2.75) is 57.7 Å². The van der Waals surface area contributed by atoms with Crippen LogP contribution in [0.3, 0.4) is 0 Å². The van der Waals surface area contributed by atoms with Gasteiger partial charge in [0.15, 0.2) is 11.5 Å². The van der Waals surface area contributed by atoms with E-state index in [1.165, 1.54) is 19.3 Å². The summed E-state index contributed by atoms with van der Waals surface area (Å²) in [5.74, 6) is 1.15. The number of fused-ring (bicyclic) bond motifs is 1. The van der Waals surface area contributed by atoms with Gasteiger partial charge in [0.2, 0.25) is 6.79 Å². The first-order chi connectivity index (χ1) is 10.8. The Hall–Kier alpha value is -1.75. The van der Waals surface area contributed by atoms with Crippen LogP contribution >= 0.6 is 0 Å². The molecule has 1 unspecified atom stereocenters. The van der Waals surface area contributed by atoms with Gasteiger partial charge < -0.3 is 19.5 Å². The highest BCUT2D eigenvalue weighted by Crippen LogP contribution is 2.39. The van der Waals surface area contributed by atoms with Crippen LogP contribution < -0.4 is 14.8 Å². The Labute approximate surface area is 130 Å². The van der Waals surface area contributed by atoms with E-state index in [1.54, 1.807) is 0 Å². The first-order valence-corrected chi connectivity index (χ1v) is 8.13. The molecule has 3 rings (SSSR count). The molecule has 120 valence electrons. The zero-order valence-electron chi connectivity index (χ0n) is 13.0. The molecule has 5 nitrogen and oxygen atoms in total. The number of para-hydroxylation sites is 1. The fraction of sp³-hybridized carbons (Fsp3) is 0.588. The second-order valence-electron chi connectivity index (χ2n) is 5.82. The molecule has 1 atom stereocenters. The maximum absolute atomic E-state index is 12.5. The maximum atomic E-state index is 12.5. The molecule has 1 fully saturated rings. The average molecular weight is 305 g/mol. The second-order valence-corrected chi connectivity index (χ2v) is 5.82. The molecule has 0 spiro atoms. The molecule has 1 aromatic carbocycles. The number of hydrogen-bond acceptors (Lipinski definition) is 4. The molecule has 1 aliphatic carbocycles. The summed E-state index contributed by atoms with van der Waals surface area (Å²) in [6.07, 6.45) is 6.24. The third-order valence-corrected chi connectivity index (χ3v) is 4.23. The summed E-state index contributed by atoms with van der Waals surface area (Å²) in [5.41, 5.74) is 0.644. The van der Waals surface area contributed by atoms with Gasteiger partial charge in [0, 0.05) is 0 Å². The highest BCUT2D eigenvalue weighted by atomic mass is 16.7. The van der Waals surface area contributed by atoms with Crippen molar-refractivity contribution < 1.29 is 19.0 Å². The van der Waals surface area contributed by atoms with Crippen LogP contribution in [0.25, 0.3) is 0 Å². The lowest BCUT2D eigenvalue weighted by atomic mass is 9.97. The Balaban J connectivity index is 1.63. The van der Waals surface area contributed by atoms with Crippen LogP contribution in [-0.2, 0) is 9.53 Å². The van der Waals surface area contributed by atoms with Crippen LogP contribution in [0, 0.1) is 0 Å². The Kier molecular flexibility index (Phi) is 4.83. The molecule has 1 saturated carbocycles. The van der Waals surface area contributed by atoms with Crippen molar-refractivity contribution >= 4 is 11.6 Å². The zero-order chi connectivity index (χ0) is 15.4. The number of benzene rings is 1. The standard InChI is InChI=1S/C17H23NO4/c1-2-14(22-12-7-4-3-5-8-12)17(19)18-13-9-6-10-15-16(13)21-11-20-15/h6,9-10,12,14H,2-5,7-8,11H2,1H3,(H,18,19). The van der Waals surface area contributed by atoms with Crippen LogP contribution in [0.4, 0.5) is 5.69 Å². The van der Waals surface area contributed by atoms with Crippen LogP contribution in [0.2, 0.25) is 0 Å². The molecule has 1 N–H and O–H groups in total. The lowest BCUT2D eigenvalue weighted by molar-refractivity contribution is -0.132. The van der Waals surface area contributed by atoms with Crippen LogP contribution in [-0.4, -0.2) is 24.9 Å². The highest BCUT2D eigenvalue weighted by molar-refractivity contribution is 5.96. The van der Waals surface area contributed by atoms with Crippen molar-refractivity contribution in [3.63, 3.8) is 0 Å². The zero-order valence-corrected chi connectivity index (χ0v) is 13.0. The Morgan fingerprint density at radius 2 is 2.14 bits per heavy atom. The summed E-state index contributed by atoms with van der Waals surface area (Å²) >= 11 is 0. The minimum Gasteiger partial charge on any atom is -0.454 e. The number of hydrogen-bond donors (Lipinski definition) is 1. The maximum Gasteiger partial charge on any atom is 0.253 e. The molecule has 0 saturated heterocycles. The van der Waals surface area contributed by atoms with E-state index in [-0.39, 0.29) is 18.8 Å². The monoisotopic (exact) mass is 305 g/mol. The van der Waals surface area contributed by atoms with Crippen molar-refractivity contribution in [2.24, 2.45) is 0 Å². The minimum absolute atomic E-state index is 0.114. The smallest absolute Gasteiger partial charge is 0.253 e. The van der Waals surface area contributed by atoms with Crippen molar-refractivity contribution in [3.05, 3.63) is 18.2 Å². The third kappa shape index (κ3) is 3.35. The number of carbonyl (C=O) groups is 1. The van der Waals surface area contributed by atoms with Gasteiger partial charge in [0.25, 0.3) is 5.91 Å². The number of ether oxygens (including phenoxy) is 3. The Morgan fingerprint density at radius 3 is 2.91 bits per heavy atom. The van der Waals surface area contributed by atoms with E-state index in [1.807, 2.05) is 25.1 Å². The van der Waals surface area contributed by atoms with E-state index in [4.69, 9.17) is 14.2 Å². The fourth-order valence-corrected chi connectivity index (χ4v) is 3.02. The van der Waals surface area contributed by atoms with E-state index in [0.29, 0.717) is 23.6 Å². The van der Waals surface area contributed by atoms with E-state index < -0.39 is 6.10 Å². The number of rotatable bonds is 5. The van der Waals surface area contributed by atoms with Crippen molar-refractivity contribution in [3.8, 4) is 11.5 Å². The molecule has 1 aromatic rings. The molecule has 5 heteroatoms. The minimum atomic E-state index is -0.415. The van der Waals surface area contributed by atoms with Crippen LogP contribution in [0.5, 0.6) is 11.5 Å². The lowest BCUT2D eigenvalue weighted by Crippen LogP contribution is -2.34. The van der Waals surface area contributed by atoms with Gasteiger partial charge in [0.05, 0.1) is 11.8 Å². The van der Waals surface area contributed by atoms with Gasteiger partial charge >= 0.3 is 0 Å². The molecular formula is C17H23NO4.